The van der Waals surface area contributed by atoms with Crippen LogP contribution in [0.3, 0.4) is 0 Å². The third kappa shape index (κ3) is 6.29. The summed E-state index contributed by atoms with van der Waals surface area (Å²) in [6.07, 6.45) is 1.09. The summed E-state index contributed by atoms with van der Waals surface area (Å²) in [7, 11) is -1.76. The van der Waals surface area contributed by atoms with Crippen molar-refractivity contribution in [3.63, 3.8) is 0 Å². The Morgan fingerprint density at radius 3 is 2.58 bits per heavy atom. The van der Waals surface area contributed by atoms with Gasteiger partial charge in [0.25, 0.3) is 0 Å². The van der Waals surface area contributed by atoms with Crippen LogP contribution in [0.15, 0.2) is 48.5 Å². The van der Waals surface area contributed by atoms with Crippen LogP contribution in [0.25, 0.3) is 0 Å². The van der Waals surface area contributed by atoms with Gasteiger partial charge in [0.2, 0.25) is 10.0 Å². The van der Waals surface area contributed by atoms with Crippen LogP contribution in [0.4, 0.5) is 10.5 Å². The molecule has 7 nitrogen and oxygen atoms in total. The lowest BCUT2D eigenvalue weighted by Gasteiger charge is -2.16. The zero-order valence-corrected chi connectivity index (χ0v) is 15.8. The first-order valence-corrected chi connectivity index (χ1v) is 9.91. The Hall–Kier alpha value is -2.74. The lowest BCUT2D eigenvalue weighted by Crippen LogP contribution is -2.36. The first-order valence-electron chi connectivity index (χ1n) is 8.02. The minimum absolute atomic E-state index is 0.290. The molecule has 8 heteroatoms. The molecule has 0 aromatic heterocycles. The van der Waals surface area contributed by atoms with Gasteiger partial charge < -0.3 is 15.4 Å². The van der Waals surface area contributed by atoms with Gasteiger partial charge in [-0.15, -0.1) is 0 Å². The van der Waals surface area contributed by atoms with E-state index in [1.807, 2.05) is 37.3 Å². The summed E-state index contributed by atoms with van der Waals surface area (Å²) in [4.78, 5) is 12.1. The lowest BCUT2D eigenvalue weighted by molar-refractivity contribution is 0.237. The van der Waals surface area contributed by atoms with E-state index in [9.17, 15) is 13.2 Å². The topological polar surface area (TPSA) is 96.5 Å². The molecule has 2 aromatic rings. The van der Waals surface area contributed by atoms with Crippen molar-refractivity contribution in [2.45, 2.75) is 19.5 Å². The number of methoxy groups -OCH3 is 1. The van der Waals surface area contributed by atoms with Crippen molar-refractivity contribution < 1.29 is 17.9 Å². The molecule has 0 aliphatic heterocycles. The molecule has 0 unspecified atom stereocenters. The van der Waals surface area contributed by atoms with Crippen LogP contribution in [0.5, 0.6) is 5.75 Å². The Morgan fingerprint density at radius 1 is 1.15 bits per heavy atom. The molecule has 140 valence electrons. The summed E-state index contributed by atoms with van der Waals surface area (Å²) in [5, 5.41) is 5.61. The van der Waals surface area contributed by atoms with E-state index in [0.717, 1.165) is 23.1 Å². The smallest absolute Gasteiger partial charge is 0.315 e. The average molecular weight is 377 g/mol. The Bertz CT molecular complexity index is 868. The molecule has 0 aliphatic carbocycles. The zero-order chi connectivity index (χ0) is 19.2. The van der Waals surface area contributed by atoms with Gasteiger partial charge in [-0.05, 0) is 42.3 Å². The number of urea groups is 1. The van der Waals surface area contributed by atoms with E-state index in [4.69, 9.17) is 4.74 Å². The van der Waals surface area contributed by atoms with Gasteiger partial charge in [0.15, 0.2) is 0 Å². The molecule has 0 aliphatic rings. The number of carbonyl (C=O) groups excluding carboxylic acids is 1. The van der Waals surface area contributed by atoms with Crippen LogP contribution >= 0.6 is 0 Å². The number of rotatable bonds is 7. The minimum atomic E-state index is -3.35. The molecule has 2 amide bonds. The van der Waals surface area contributed by atoms with Gasteiger partial charge in [-0.25, -0.2) is 13.2 Å². The molecule has 26 heavy (non-hydrogen) atoms. The van der Waals surface area contributed by atoms with Crippen molar-refractivity contribution in [3.05, 3.63) is 59.7 Å². The molecule has 0 radical (unpaired) electrons. The molecule has 3 N–H and O–H groups in total. The standard InChI is InChI=1S/C18H23N3O4S/c1-13(15-7-5-8-16(11-15)21-26(3,23)24)20-18(22)19-12-14-6-4-9-17(10-14)25-2/h4-11,13,21H,12H2,1-3H3,(H2,19,20,22)/t13-/m0/s1. The molecule has 0 saturated heterocycles. The van der Waals surface area contributed by atoms with Gasteiger partial charge in [0.05, 0.1) is 19.4 Å². The Labute approximate surface area is 153 Å². The van der Waals surface area contributed by atoms with Crippen molar-refractivity contribution in [1.29, 1.82) is 0 Å². The van der Waals surface area contributed by atoms with E-state index in [0.29, 0.717) is 12.2 Å². The molecule has 0 saturated carbocycles. The van der Waals surface area contributed by atoms with Crippen molar-refractivity contribution in [1.82, 2.24) is 10.6 Å². The van der Waals surface area contributed by atoms with Crippen molar-refractivity contribution in [3.8, 4) is 5.75 Å². The number of sulfonamides is 1. The molecule has 0 heterocycles. The van der Waals surface area contributed by atoms with Crippen LogP contribution in [-0.4, -0.2) is 27.8 Å². The van der Waals surface area contributed by atoms with Crippen LogP contribution in [-0.2, 0) is 16.6 Å². The summed E-state index contributed by atoms with van der Waals surface area (Å²) in [6, 6.07) is 13.7. The Balaban J connectivity index is 1.93. The van der Waals surface area contributed by atoms with Crippen LogP contribution in [0.1, 0.15) is 24.1 Å². The summed E-state index contributed by atoms with van der Waals surface area (Å²) in [5.41, 5.74) is 2.16. The highest BCUT2D eigenvalue weighted by Crippen LogP contribution is 2.18. The third-order valence-electron chi connectivity index (χ3n) is 3.62. The molecule has 2 aromatic carbocycles. The monoisotopic (exact) mass is 377 g/mol. The minimum Gasteiger partial charge on any atom is -0.497 e. The fraction of sp³-hybridized carbons (Fsp3) is 0.278. The summed E-state index contributed by atoms with van der Waals surface area (Å²) < 4.78 is 30.2. The van der Waals surface area contributed by atoms with Crippen LogP contribution in [0.2, 0.25) is 0 Å². The second-order valence-electron chi connectivity index (χ2n) is 5.90. The molecule has 0 fully saturated rings. The van der Waals surface area contributed by atoms with E-state index in [1.165, 1.54) is 0 Å². The number of nitrogens with one attached hydrogen (secondary N) is 3. The maximum Gasteiger partial charge on any atom is 0.315 e. The third-order valence-corrected chi connectivity index (χ3v) is 4.23. The Morgan fingerprint density at radius 2 is 1.88 bits per heavy atom. The van der Waals surface area contributed by atoms with Gasteiger partial charge in [-0.2, -0.15) is 0 Å². The van der Waals surface area contributed by atoms with Gasteiger partial charge in [0.1, 0.15) is 5.75 Å². The predicted molar refractivity (Wildman–Crippen MR) is 102 cm³/mol. The quantitative estimate of drug-likeness (QED) is 0.691. The molecule has 0 bridgehead atoms. The Kier molecular flexibility index (Phi) is 6.46. The van der Waals surface area contributed by atoms with Gasteiger partial charge in [-0.3, -0.25) is 4.72 Å². The number of hydrogen-bond acceptors (Lipinski definition) is 4. The fourth-order valence-electron chi connectivity index (χ4n) is 2.38. The largest absolute Gasteiger partial charge is 0.497 e. The van der Waals surface area contributed by atoms with Crippen LogP contribution in [0, 0.1) is 0 Å². The fourth-order valence-corrected chi connectivity index (χ4v) is 2.94. The number of amides is 2. The highest BCUT2D eigenvalue weighted by Gasteiger charge is 2.11. The normalized spacial score (nSPS) is 12.1. The van der Waals surface area contributed by atoms with Crippen molar-refractivity contribution >= 4 is 21.7 Å². The number of ether oxygens (including phenoxy) is 1. The van der Waals surface area contributed by atoms with E-state index >= 15 is 0 Å². The van der Waals surface area contributed by atoms with Crippen molar-refractivity contribution in [2.24, 2.45) is 0 Å². The molecular weight excluding hydrogens is 354 g/mol. The van der Waals surface area contributed by atoms with Crippen LogP contribution < -0.4 is 20.1 Å². The molecule has 0 spiro atoms. The van der Waals surface area contributed by atoms with Gasteiger partial charge >= 0.3 is 6.03 Å². The van der Waals surface area contributed by atoms with Gasteiger partial charge in [-0.1, -0.05) is 24.3 Å². The SMILES string of the molecule is COc1cccc(CNC(=O)N[C@@H](C)c2cccc(NS(C)(=O)=O)c2)c1. The number of carbonyl (C=O) groups is 1. The first kappa shape index (κ1) is 19.6. The maximum absolute atomic E-state index is 12.1. The zero-order valence-electron chi connectivity index (χ0n) is 14.9. The molecule has 2 rings (SSSR count). The van der Waals surface area contributed by atoms with Crippen molar-refractivity contribution in [2.75, 3.05) is 18.1 Å². The van der Waals surface area contributed by atoms with E-state index in [1.54, 1.807) is 25.3 Å². The van der Waals surface area contributed by atoms with E-state index < -0.39 is 10.0 Å². The predicted octanol–water partition coefficient (Wildman–Crippen LogP) is 2.63. The van der Waals surface area contributed by atoms with E-state index in [-0.39, 0.29) is 12.1 Å². The maximum atomic E-state index is 12.1. The lowest BCUT2D eigenvalue weighted by atomic mass is 10.1. The highest BCUT2D eigenvalue weighted by atomic mass is 32.2. The summed E-state index contributed by atoms with van der Waals surface area (Å²) >= 11 is 0. The first-order chi connectivity index (χ1) is 12.3. The summed E-state index contributed by atoms with van der Waals surface area (Å²) in [6.45, 7) is 2.19. The summed E-state index contributed by atoms with van der Waals surface area (Å²) in [5.74, 6) is 0.730. The average Bonchev–Trinajstić information content (AvgIpc) is 2.59. The van der Waals surface area contributed by atoms with Gasteiger partial charge in [0, 0.05) is 12.2 Å². The second-order valence-corrected chi connectivity index (χ2v) is 7.65. The molecular formula is C18H23N3O4S. The number of anilines is 1. The van der Waals surface area contributed by atoms with E-state index in [2.05, 4.69) is 15.4 Å². The number of benzene rings is 2. The highest BCUT2D eigenvalue weighted by molar-refractivity contribution is 7.92. The second kappa shape index (κ2) is 8.57. The number of hydrogen-bond donors (Lipinski definition) is 3. The molecule has 1 atom stereocenters.